The molecule has 126 valence electrons. The Morgan fingerprint density at radius 3 is 2.58 bits per heavy atom. The number of unbranched alkanes of at least 4 members (excludes halogenated alkanes) is 1. The molecule has 2 rings (SSSR count). The van der Waals surface area contributed by atoms with Gasteiger partial charge in [0.1, 0.15) is 11.6 Å². The van der Waals surface area contributed by atoms with E-state index in [0.29, 0.717) is 25.3 Å². The second-order valence-electron chi connectivity index (χ2n) is 5.10. The Balaban J connectivity index is 1.66. The minimum Gasteiger partial charge on any atom is -0.502 e. The molecule has 3 N–H and O–H groups in total. The number of phenolic OH excluding ortho intramolecular Hbond substituents is 1. The van der Waals surface area contributed by atoms with Gasteiger partial charge in [-0.2, -0.15) is 0 Å². The Bertz CT molecular complexity index is 704. The smallest absolute Gasteiger partial charge is 0.294 e. The first-order valence-electron chi connectivity index (χ1n) is 7.48. The van der Waals surface area contributed by atoms with Gasteiger partial charge in [0.05, 0.1) is 6.61 Å². The molecule has 7 heteroatoms. The van der Waals surface area contributed by atoms with Crippen molar-refractivity contribution in [3.05, 3.63) is 58.8 Å². The molecule has 0 aliphatic rings. The van der Waals surface area contributed by atoms with E-state index in [4.69, 9.17) is 4.74 Å². The van der Waals surface area contributed by atoms with Crippen LogP contribution in [-0.2, 0) is 0 Å². The van der Waals surface area contributed by atoms with Crippen LogP contribution in [0.1, 0.15) is 23.2 Å². The van der Waals surface area contributed by atoms with Crippen molar-refractivity contribution in [2.75, 3.05) is 13.2 Å². The van der Waals surface area contributed by atoms with Gasteiger partial charge in [-0.05, 0) is 49.2 Å². The number of rotatable bonds is 8. The summed E-state index contributed by atoms with van der Waals surface area (Å²) < 4.78 is 18.2. The van der Waals surface area contributed by atoms with Crippen LogP contribution < -0.4 is 15.2 Å². The summed E-state index contributed by atoms with van der Waals surface area (Å²) in [7, 11) is 0. The van der Waals surface area contributed by atoms with Crippen LogP contribution in [0.15, 0.2) is 42.5 Å². The van der Waals surface area contributed by atoms with E-state index in [9.17, 15) is 19.2 Å². The molecule has 0 spiro atoms. The predicted molar refractivity (Wildman–Crippen MR) is 85.6 cm³/mol. The average molecular weight is 333 g/mol. The van der Waals surface area contributed by atoms with E-state index in [0.717, 1.165) is 6.42 Å². The molecule has 0 heterocycles. The molecule has 0 bridgehead atoms. The van der Waals surface area contributed by atoms with Crippen LogP contribution >= 0.6 is 0 Å². The highest BCUT2D eigenvalue weighted by molar-refractivity contribution is 5.94. The van der Waals surface area contributed by atoms with Crippen molar-refractivity contribution in [1.29, 1.82) is 0 Å². The van der Waals surface area contributed by atoms with Crippen LogP contribution in [0, 0.1) is 10.7 Å². The first kappa shape index (κ1) is 17.4. The van der Waals surface area contributed by atoms with Crippen molar-refractivity contribution < 1.29 is 24.2 Å². The van der Waals surface area contributed by atoms with E-state index in [2.05, 4.69) is 5.32 Å². The minimum absolute atomic E-state index is 0.0180. The number of carbonyl (C=O) groups is 1. The molecule has 0 radical (unpaired) electrons. The van der Waals surface area contributed by atoms with Gasteiger partial charge in [0.15, 0.2) is 5.75 Å². The van der Waals surface area contributed by atoms with Crippen molar-refractivity contribution in [2.45, 2.75) is 12.8 Å². The fraction of sp³-hybridized carbons (Fsp3) is 0.235. The number of nitrogens with one attached hydrogen (secondary N) is 2. The largest absolute Gasteiger partial charge is 0.502 e. The lowest BCUT2D eigenvalue weighted by atomic mass is 10.1. The van der Waals surface area contributed by atoms with Crippen LogP contribution in [0.5, 0.6) is 11.5 Å². The molecular weight excluding hydrogens is 315 g/mol. The van der Waals surface area contributed by atoms with Crippen molar-refractivity contribution in [3.8, 4) is 11.5 Å². The van der Waals surface area contributed by atoms with E-state index >= 15 is 0 Å². The summed E-state index contributed by atoms with van der Waals surface area (Å²) in [5, 5.41) is 13.8. The number of hydrogen-bond acceptors (Lipinski definition) is 4. The molecule has 2 aromatic rings. The Kier molecular flexibility index (Phi) is 6.24. The third kappa shape index (κ3) is 5.05. The van der Waals surface area contributed by atoms with Gasteiger partial charge in [-0.15, -0.1) is 0 Å². The van der Waals surface area contributed by atoms with Gasteiger partial charge in [0.2, 0.25) is 0 Å². The topological polar surface area (TPSA) is 89.6 Å². The number of aromatic hydroxyl groups is 1. The quantitative estimate of drug-likeness (QED) is 0.506. The molecule has 0 saturated carbocycles. The van der Waals surface area contributed by atoms with Gasteiger partial charge in [-0.1, -0.05) is 0 Å². The highest BCUT2D eigenvalue weighted by Crippen LogP contribution is 2.19. The van der Waals surface area contributed by atoms with Gasteiger partial charge < -0.3 is 15.2 Å². The van der Waals surface area contributed by atoms with E-state index < -0.39 is 0 Å². The van der Waals surface area contributed by atoms with Gasteiger partial charge in [0, 0.05) is 28.3 Å². The van der Waals surface area contributed by atoms with Crippen LogP contribution in [-0.4, -0.2) is 24.2 Å². The fourth-order valence-electron chi connectivity index (χ4n) is 2.01. The Morgan fingerprint density at radius 2 is 1.92 bits per heavy atom. The van der Waals surface area contributed by atoms with Crippen molar-refractivity contribution in [2.24, 2.45) is 0 Å². The summed E-state index contributed by atoms with van der Waals surface area (Å²) in [6, 6.07) is 9.80. The zero-order chi connectivity index (χ0) is 17.4. The van der Waals surface area contributed by atoms with Crippen molar-refractivity contribution in [1.82, 2.24) is 5.32 Å². The van der Waals surface area contributed by atoms with E-state index in [1.807, 2.05) is 0 Å². The maximum Gasteiger partial charge on any atom is 0.294 e. The monoisotopic (exact) mass is 333 g/mol. The number of amides is 1. The molecule has 2 aromatic carbocycles. The summed E-state index contributed by atoms with van der Waals surface area (Å²) in [5.74, 6) is -0.314. The zero-order valence-corrected chi connectivity index (χ0v) is 12.9. The third-order valence-electron chi connectivity index (χ3n) is 3.31. The van der Waals surface area contributed by atoms with Crippen LogP contribution in [0.4, 0.5) is 10.1 Å². The van der Waals surface area contributed by atoms with Crippen LogP contribution in [0.25, 0.3) is 0 Å². The number of hydrogen-bond donors (Lipinski definition) is 3. The molecule has 0 saturated heterocycles. The zero-order valence-electron chi connectivity index (χ0n) is 12.9. The molecule has 24 heavy (non-hydrogen) atoms. The second kappa shape index (κ2) is 8.61. The molecule has 0 fully saturated rings. The Hall–Kier alpha value is -2.96. The predicted octanol–water partition coefficient (Wildman–Crippen LogP) is 1.60. The maximum absolute atomic E-state index is 12.7. The number of ether oxygens (including phenoxy) is 1. The summed E-state index contributed by atoms with van der Waals surface area (Å²) >= 11 is 0. The lowest BCUT2D eigenvalue weighted by molar-refractivity contribution is -0.380. The summed E-state index contributed by atoms with van der Waals surface area (Å²) in [6.45, 7) is 0.917. The van der Waals surface area contributed by atoms with E-state index in [-0.39, 0.29) is 28.7 Å². The average Bonchev–Trinajstić information content (AvgIpc) is 2.59. The first-order chi connectivity index (χ1) is 11.6. The van der Waals surface area contributed by atoms with Crippen molar-refractivity contribution in [3.63, 3.8) is 0 Å². The van der Waals surface area contributed by atoms with Crippen LogP contribution in [0.3, 0.4) is 0 Å². The summed E-state index contributed by atoms with van der Waals surface area (Å²) in [6.07, 6.45) is 1.43. The number of nitroso groups, excluding NO2 is 1. The first-order valence-corrected chi connectivity index (χ1v) is 7.48. The van der Waals surface area contributed by atoms with Crippen molar-refractivity contribution >= 4 is 11.6 Å². The van der Waals surface area contributed by atoms with E-state index in [1.165, 1.54) is 30.3 Å². The number of carbonyl (C=O) groups excluding carboxylic acids is 1. The normalized spacial score (nSPS) is 10.2. The second-order valence-corrected chi connectivity index (χ2v) is 5.10. The standard InChI is InChI=1S/C17H17FN2O4/c18-13-4-6-14(7-5-13)24-10-2-1-9-19-17(22)12-3-8-15(20-23)16(21)11-12/h3-8,11,21H,1-2,9-10H2,(H,19,22)/p+1. The third-order valence-corrected chi connectivity index (χ3v) is 3.31. The van der Waals surface area contributed by atoms with E-state index in [1.54, 1.807) is 17.3 Å². The van der Waals surface area contributed by atoms with Gasteiger partial charge >= 0.3 is 0 Å². The molecule has 6 nitrogen and oxygen atoms in total. The summed E-state index contributed by atoms with van der Waals surface area (Å²) in [4.78, 5) is 22.4. The molecule has 0 aliphatic heterocycles. The molecule has 1 amide bonds. The van der Waals surface area contributed by atoms with Gasteiger partial charge in [-0.25, -0.2) is 4.39 Å². The Labute approximate surface area is 138 Å². The fourth-order valence-corrected chi connectivity index (χ4v) is 2.01. The maximum atomic E-state index is 12.7. The highest BCUT2D eigenvalue weighted by Gasteiger charge is 2.12. The highest BCUT2D eigenvalue weighted by atomic mass is 19.1. The number of halogens is 1. The molecule has 0 unspecified atom stereocenters. The lowest BCUT2D eigenvalue weighted by Crippen LogP contribution is -2.55. The minimum atomic E-state index is -0.331. The number of benzene rings is 2. The molecule has 0 atom stereocenters. The SMILES string of the molecule is O=[NH+]c1ccc(C(=O)NCCCCOc2ccc(F)cc2)cc1O. The molecular formula is C17H18FN2O4+. The number of phenols is 1. The van der Waals surface area contributed by atoms with Gasteiger partial charge in [-0.3, -0.25) is 4.79 Å². The van der Waals surface area contributed by atoms with Crippen LogP contribution in [0.2, 0.25) is 0 Å². The molecule has 0 aliphatic carbocycles. The summed E-state index contributed by atoms with van der Waals surface area (Å²) in [5.41, 5.74) is 0.290. The Morgan fingerprint density at radius 1 is 1.17 bits per heavy atom. The lowest BCUT2D eigenvalue weighted by Gasteiger charge is -2.07. The molecule has 0 aromatic heterocycles. The van der Waals surface area contributed by atoms with Gasteiger partial charge in [0.25, 0.3) is 11.6 Å².